The Morgan fingerprint density at radius 1 is 1.17 bits per heavy atom. The van der Waals surface area contributed by atoms with E-state index in [2.05, 4.69) is 20.8 Å². The van der Waals surface area contributed by atoms with Gasteiger partial charge in [0, 0.05) is 0 Å². The fraction of sp³-hybridized carbons (Fsp3) is 1.00. The lowest BCUT2D eigenvalue weighted by atomic mass is 9.71. The van der Waals surface area contributed by atoms with Crippen LogP contribution in [0.15, 0.2) is 0 Å². The second-order valence-corrected chi connectivity index (χ2v) is 4.70. The Bertz CT molecular complexity index is 111. The minimum Gasteiger partial charge on any atom is -0.0651 e. The SMILES string of the molecule is CCC(C)CCC1CC(CC)C1. The highest BCUT2D eigenvalue weighted by Gasteiger charge is 2.26. The molecule has 0 radical (unpaired) electrons. The van der Waals surface area contributed by atoms with E-state index in [1.54, 1.807) is 0 Å². The second kappa shape index (κ2) is 4.89. The van der Waals surface area contributed by atoms with Crippen LogP contribution in [0, 0.1) is 17.8 Å². The minimum atomic E-state index is 0.964. The van der Waals surface area contributed by atoms with Gasteiger partial charge in [-0.2, -0.15) is 0 Å². The van der Waals surface area contributed by atoms with E-state index < -0.39 is 0 Å². The maximum absolute atomic E-state index is 2.38. The summed E-state index contributed by atoms with van der Waals surface area (Å²) in [5, 5.41) is 0. The van der Waals surface area contributed by atoms with Crippen LogP contribution in [0.1, 0.15) is 59.3 Å². The Kier molecular flexibility index (Phi) is 4.11. The molecule has 0 aromatic rings. The Morgan fingerprint density at radius 2 is 1.83 bits per heavy atom. The van der Waals surface area contributed by atoms with Crippen molar-refractivity contribution in [1.29, 1.82) is 0 Å². The molecule has 72 valence electrons. The predicted molar refractivity (Wildman–Crippen MR) is 55.2 cm³/mol. The zero-order chi connectivity index (χ0) is 8.97. The second-order valence-electron chi connectivity index (χ2n) is 4.70. The van der Waals surface area contributed by atoms with Gasteiger partial charge in [0.25, 0.3) is 0 Å². The number of hydrogen-bond donors (Lipinski definition) is 0. The average molecular weight is 168 g/mol. The van der Waals surface area contributed by atoms with Gasteiger partial charge in [0.1, 0.15) is 0 Å². The van der Waals surface area contributed by atoms with Crippen molar-refractivity contribution in [3.05, 3.63) is 0 Å². The van der Waals surface area contributed by atoms with Gasteiger partial charge >= 0.3 is 0 Å². The standard InChI is InChI=1S/C12H24/c1-4-10(3)6-7-12-8-11(5-2)9-12/h10-12H,4-9H2,1-3H3. The third-order valence-electron chi connectivity index (χ3n) is 3.68. The van der Waals surface area contributed by atoms with Gasteiger partial charge in [0.05, 0.1) is 0 Å². The maximum atomic E-state index is 2.38. The summed E-state index contributed by atoms with van der Waals surface area (Å²) in [6.07, 6.45) is 8.83. The molecule has 1 unspecified atom stereocenters. The average Bonchev–Trinajstić information content (AvgIpc) is 2.01. The molecule has 0 spiro atoms. The van der Waals surface area contributed by atoms with Crippen molar-refractivity contribution >= 4 is 0 Å². The van der Waals surface area contributed by atoms with E-state index in [4.69, 9.17) is 0 Å². The Hall–Kier alpha value is 0. The summed E-state index contributed by atoms with van der Waals surface area (Å²) in [6, 6.07) is 0. The Morgan fingerprint density at radius 3 is 2.33 bits per heavy atom. The van der Waals surface area contributed by atoms with Crippen LogP contribution in [0.3, 0.4) is 0 Å². The van der Waals surface area contributed by atoms with E-state index in [-0.39, 0.29) is 0 Å². The lowest BCUT2D eigenvalue weighted by molar-refractivity contribution is 0.167. The fourth-order valence-corrected chi connectivity index (χ4v) is 2.17. The maximum Gasteiger partial charge on any atom is -0.0409 e. The normalized spacial score (nSPS) is 31.2. The summed E-state index contributed by atoms with van der Waals surface area (Å²) in [6.45, 7) is 7.02. The van der Waals surface area contributed by atoms with Crippen molar-refractivity contribution in [2.45, 2.75) is 59.3 Å². The van der Waals surface area contributed by atoms with Gasteiger partial charge in [-0.15, -0.1) is 0 Å². The van der Waals surface area contributed by atoms with Gasteiger partial charge in [0.15, 0.2) is 0 Å². The molecule has 0 nitrogen and oxygen atoms in total. The van der Waals surface area contributed by atoms with E-state index in [0.717, 1.165) is 17.8 Å². The van der Waals surface area contributed by atoms with Crippen LogP contribution in [0.4, 0.5) is 0 Å². The third kappa shape index (κ3) is 2.80. The van der Waals surface area contributed by atoms with E-state index in [9.17, 15) is 0 Å². The number of rotatable bonds is 5. The third-order valence-corrected chi connectivity index (χ3v) is 3.68. The molecule has 0 heteroatoms. The summed E-state index contributed by atoms with van der Waals surface area (Å²) in [5.41, 5.74) is 0. The minimum absolute atomic E-state index is 0.964. The van der Waals surface area contributed by atoms with Crippen LogP contribution in [0.2, 0.25) is 0 Å². The highest BCUT2D eigenvalue weighted by Crippen LogP contribution is 2.39. The number of hydrogen-bond acceptors (Lipinski definition) is 0. The molecular weight excluding hydrogens is 144 g/mol. The van der Waals surface area contributed by atoms with Gasteiger partial charge in [-0.1, -0.05) is 46.5 Å². The molecule has 1 aliphatic carbocycles. The van der Waals surface area contributed by atoms with Crippen molar-refractivity contribution in [3.8, 4) is 0 Å². The van der Waals surface area contributed by atoms with Gasteiger partial charge in [-0.3, -0.25) is 0 Å². The summed E-state index contributed by atoms with van der Waals surface area (Å²) in [4.78, 5) is 0. The van der Waals surface area contributed by atoms with E-state index in [0.29, 0.717) is 0 Å². The molecule has 0 heterocycles. The summed E-state index contributed by atoms with van der Waals surface area (Å²) < 4.78 is 0. The molecule has 1 fully saturated rings. The molecule has 0 aromatic carbocycles. The van der Waals surface area contributed by atoms with Crippen LogP contribution >= 0.6 is 0 Å². The van der Waals surface area contributed by atoms with Crippen molar-refractivity contribution in [2.75, 3.05) is 0 Å². The molecule has 1 aliphatic rings. The molecule has 1 saturated carbocycles. The molecule has 0 saturated heterocycles. The monoisotopic (exact) mass is 168 g/mol. The molecule has 1 atom stereocenters. The van der Waals surface area contributed by atoms with Crippen LogP contribution in [-0.4, -0.2) is 0 Å². The highest BCUT2D eigenvalue weighted by molar-refractivity contribution is 4.78. The Labute approximate surface area is 77.7 Å². The fourth-order valence-electron chi connectivity index (χ4n) is 2.17. The summed E-state index contributed by atoms with van der Waals surface area (Å²) in [5.74, 6) is 3.15. The smallest absolute Gasteiger partial charge is 0.0409 e. The van der Waals surface area contributed by atoms with E-state index >= 15 is 0 Å². The first-order valence-electron chi connectivity index (χ1n) is 5.76. The molecule has 0 aromatic heterocycles. The Balaban J connectivity index is 1.96. The molecule has 0 amide bonds. The van der Waals surface area contributed by atoms with Gasteiger partial charge in [0.2, 0.25) is 0 Å². The predicted octanol–water partition coefficient (Wildman–Crippen LogP) is 4.25. The largest absolute Gasteiger partial charge is 0.0651 e. The lowest BCUT2D eigenvalue weighted by Gasteiger charge is -2.35. The van der Waals surface area contributed by atoms with Crippen LogP contribution < -0.4 is 0 Å². The van der Waals surface area contributed by atoms with Gasteiger partial charge in [-0.05, 0) is 30.6 Å². The quantitative estimate of drug-likeness (QED) is 0.575. The zero-order valence-electron chi connectivity index (χ0n) is 8.97. The topological polar surface area (TPSA) is 0 Å². The molecule has 0 N–H and O–H groups in total. The first-order valence-corrected chi connectivity index (χ1v) is 5.76. The molecule has 0 bridgehead atoms. The molecular formula is C12H24. The van der Waals surface area contributed by atoms with Gasteiger partial charge < -0.3 is 0 Å². The first-order chi connectivity index (χ1) is 5.76. The van der Waals surface area contributed by atoms with Crippen LogP contribution in [0.25, 0.3) is 0 Å². The van der Waals surface area contributed by atoms with Crippen molar-refractivity contribution in [1.82, 2.24) is 0 Å². The van der Waals surface area contributed by atoms with Crippen molar-refractivity contribution < 1.29 is 0 Å². The van der Waals surface area contributed by atoms with Crippen LogP contribution in [-0.2, 0) is 0 Å². The zero-order valence-corrected chi connectivity index (χ0v) is 8.97. The molecule has 0 aliphatic heterocycles. The van der Waals surface area contributed by atoms with Crippen LogP contribution in [0.5, 0.6) is 0 Å². The first kappa shape index (κ1) is 10.1. The lowest BCUT2D eigenvalue weighted by Crippen LogP contribution is -2.23. The molecule has 12 heavy (non-hydrogen) atoms. The van der Waals surface area contributed by atoms with Crippen molar-refractivity contribution in [2.24, 2.45) is 17.8 Å². The van der Waals surface area contributed by atoms with E-state index in [1.807, 2.05) is 0 Å². The van der Waals surface area contributed by atoms with Crippen molar-refractivity contribution in [3.63, 3.8) is 0 Å². The molecule has 1 rings (SSSR count). The summed E-state index contributed by atoms with van der Waals surface area (Å²) in [7, 11) is 0. The van der Waals surface area contributed by atoms with Gasteiger partial charge in [-0.25, -0.2) is 0 Å². The highest BCUT2D eigenvalue weighted by atomic mass is 14.3. The summed E-state index contributed by atoms with van der Waals surface area (Å²) >= 11 is 0. The van der Waals surface area contributed by atoms with E-state index in [1.165, 1.54) is 38.5 Å².